The fraction of sp³-hybridized carbons (Fsp3) is 0.375. The lowest BCUT2D eigenvalue weighted by Gasteiger charge is -2.24. The van der Waals surface area contributed by atoms with Crippen LogP contribution in [0, 0.1) is 0 Å². The van der Waals surface area contributed by atoms with Crippen LogP contribution in [0.4, 0.5) is 0 Å². The highest BCUT2D eigenvalue weighted by atomic mass is 35.5. The minimum Gasteiger partial charge on any atom is -0.377 e. The number of nitrogens with two attached hydrogens (primary N) is 1. The third kappa shape index (κ3) is 1.75. The van der Waals surface area contributed by atoms with E-state index in [0.717, 1.165) is 0 Å². The van der Waals surface area contributed by atoms with Gasteiger partial charge in [0.2, 0.25) is 0 Å². The maximum atomic E-state index is 11.2. The summed E-state index contributed by atoms with van der Waals surface area (Å²) in [6.45, 7) is 0. The van der Waals surface area contributed by atoms with Gasteiger partial charge in [0.25, 0.3) is 0 Å². The predicted octanol–water partition coefficient (Wildman–Crippen LogP) is 0.326. The summed E-state index contributed by atoms with van der Waals surface area (Å²) in [4.78, 5) is 11.2. The van der Waals surface area contributed by atoms with Gasteiger partial charge in [0.1, 0.15) is 11.1 Å². The normalized spacial score (nSPS) is 30.2. The van der Waals surface area contributed by atoms with Gasteiger partial charge in [-0.05, 0) is 6.08 Å². The van der Waals surface area contributed by atoms with E-state index in [-0.39, 0.29) is 6.42 Å². The SMILES string of the molecule is N[C@H](Cl)C(=O)[C@]1(O)C=CC=CC1. The van der Waals surface area contributed by atoms with Crippen molar-refractivity contribution in [3.8, 4) is 0 Å². The van der Waals surface area contributed by atoms with Gasteiger partial charge in [-0.25, -0.2) is 0 Å². The molecule has 66 valence electrons. The van der Waals surface area contributed by atoms with Gasteiger partial charge >= 0.3 is 0 Å². The zero-order chi connectivity index (χ0) is 9.19. The maximum Gasteiger partial charge on any atom is 0.200 e. The highest BCUT2D eigenvalue weighted by Crippen LogP contribution is 2.20. The highest BCUT2D eigenvalue weighted by molar-refractivity contribution is 6.32. The molecule has 0 radical (unpaired) electrons. The summed E-state index contributed by atoms with van der Waals surface area (Å²) in [5, 5.41) is 9.66. The van der Waals surface area contributed by atoms with Crippen molar-refractivity contribution in [2.24, 2.45) is 5.73 Å². The van der Waals surface area contributed by atoms with Gasteiger partial charge in [0, 0.05) is 6.42 Å². The molecule has 0 aromatic heterocycles. The molecule has 0 saturated heterocycles. The number of hydrogen-bond acceptors (Lipinski definition) is 3. The number of aliphatic hydroxyl groups is 1. The molecule has 0 heterocycles. The van der Waals surface area contributed by atoms with Crippen LogP contribution in [0.1, 0.15) is 6.42 Å². The summed E-state index contributed by atoms with van der Waals surface area (Å²) in [5.74, 6) is -0.565. The van der Waals surface area contributed by atoms with Crippen LogP contribution in [-0.2, 0) is 4.79 Å². The zero-order valence-electron chi connectivity index (χ0n) is 6.40. The van der Waals surface area contributed by atoms with E-state index in [1.165, 1.54) is 6.08 Å². The number of rotatable bonds is 2. The highest BCUT2D eigenvalue weighted by Gasteiger charge is 2.35. The van der Waals surface area contributed by atoms with Gasteiger partial charge < -0.3 is 10.8 Å². The van der Waals surface area contributed by atoms with Crippen molar-refractivity contribution in [2.45, 2.75) is 17.5 Å². The molecule has 1 aliphatic carbocycles. The Bertz CT molecular complexity index is 247. The molecule has 0 saturated carbocycles. The average Bonchev–Trinajstić information content (AvgIpc) is 2.04. The molecule has 4 heteroatoms. The van der Waals surface area contributed by atoms with E-state index in [4.69, 9.17) is 17.3 Å². The first kappa shape index (κ1) is 9.45. The Labute approximate surface area is 75.5 Å². The molecule has 0 bridgehead atoms. The van der Waals surface area contributed by atoms with Crippen LogP contribution in [0.5, 0.6) is 0 Å². The number of alkyl halides is 1. The molecule has 0 aromatic rings. The number of halogens is 1. The Kier molecular flexibility index (Phi) is 2.67. The van der Waals surface area contributed by atoms with E-state index >= 15 is 0 Å². The molecular formula is C8H10ClNO2. The summed E-state index contributed by atoms with van der Waals surface area (Å²) in [5.41, 5.74) is 2.50. The zero-order valence-corrected chi connectivity index (χ0v) is 7.16. The number of allylic oxidation sites excluding steroid dienone is 2. The van der Waals surface area contributed by atoms with E-state index in [9.17, 15) is 9.90 Å². The lowest BCUT2D eigenvalue weighted by molar-refractivity contribution is -0.132. The smallest absolute Gasteiger partial charge is 0.200 e. The predicted molar refractivity (Wildman–Crippen MR) is 46.7 cm³/mol. The van der Waals surface area contributed by atoms with Crippen molar-refractivity contribution in [3.63, 3.8) is 0 Å². The first-order chi connectivity index (χ1) is 5.56. The summed E-state index contributed by atoms with van der Waals surface area (Å²) < 4.78 is 0. The van der Waals surface area contributed by atoms with E-state index in [1.54, 1.807) is 18.2 Å². The first-order valence-corrected chi connectivity index (χ1v) is 4.00. The Balaban J connectivity index is 2.79. The van der Waals surface area contributed by atoms with Gasteiger partial charge in [-0.2, -0.15) is 0 Å². The quantitative estimate of drug-likeness (QED) is 0.484. The number of carbonyl (C=O) groups excluding carboxylic acids is 1. The van der Waals surface area contributed by atoms with Crippen LogP contribution in [-0.4, -0.2) is 22.0 Å². The lowest BCUT2D eigenvalue weighted by atomic mass is 9.91. The third-order valence-electron chi connectivity index (χ3n) is 1.73. The molecule has 1 rings (SSSR count). The van der Waals surface area contributed by atoms with Crippen molar-refractivity contribution in [1.29, 1.82) is 0 Å². The second-order valence-corrected chi connectivity index (χ2v) is 3.15. The number of carbonyl (C=O) groups is 1. The van der Waals surface area contributed by atoms with Crippen molar-refractivity contribution >= 4 is 17.4 Å². The molecule has 3 N–H and O–H groups in total. The molecule has 0 amide bonds. The third-order valence-corrected chi connectivity index (χ3v) is 1.92. The minimum atomic E-state index is -1.50. The van der Waals surface area contributed by atoms with E-state index in [2.05, 4.69) is 0 Å². The Morgan fingerprint density at radius 2 is 2.33 bits per heavy atom. The van der Waals surface area contributed by atoms with E-state index < -0.39 is 16.9 Å². The molecule has 3 nitrogen and oxygen atoms in total. The van der Waals surface area contributed by atoms with Gasteiger partial charge in [-0.1, -0.05) is 29.8 Å². The fourth-order valence-electron chi connectivity index (χ4n) is 1.03. The monoisotopic (exact) mass is 187 g/mol. The maximum absolute atomic E-state index is 11.2. The van der Waals surface area contributed by atoms with Gasteiger partial charge in [0.05, 0.1) is 0 Å². The van der Waals surface area contributed by atoms with Crippen LogP contribution in [0.3, 0.4) is 0 Å². The van der Waals surface area contributed by atoms with Crippen LogP contribution >= 0.6 is 11.6 Å². The van der Waals surface area contributed by atoms with Gasteiger partial charge in [0.15, 0.2) is 5.78 Å². The number of ketones is 1. The topological polar surface area (TPSA) is 63.3 Å². The summed E-state index contributed by atoms with van der Waals surface area (Å²) >= 11 is 5.36. The average molecular weight is 188 g/mol. The second kappa shape index (κ2) is 3.39. The molecule has 12 heavy (non-hydrogen) atoms. The van der Waals surface area contributed by atoms with Crippen LogP contribution in [0.15, 0.2) is 24.3 Å². The standard InChI is InChI=1S/C8H10ClNO2/c9-7(10)6(11)8(12)4-2-1-3-5-8/h1-4,7,12H,5,10H2/t7-,8-/m0/s1. The lowest BCUT2D eigenvalue weighted by Crippen LogP contribution is -2.45. The molecule has 1 aliphatic rings. The molecule has 0 aromatic carbocycles. The second-order valence-electron chi connectivity index (χ2n) is 2.68. The minimum absolute atomic E-state index is 0.239. The summed E-state index contributed by atoms with van der Waals surface area (Å²) in [6, 6.07) is 0. The molecule has 0 fully saturated rings. The van der Waals surface area contributed by atoms with Crippen LogP contribution in [0.25, 0.3) is 0 Å². The molecule has 0 spiro atoms. The van der Waals surface area contributed by atoms with Crippen molar-refractivity contribution in [3.05, 3.63) is 24.3 Å². The van der Waals surface area contributed by atoms with E-state index in [1.807, 2.05) is 0 Å². The van der Waals surface area contributed by atoms with Crippen molar-refractivity contribution < 1.29 is 9.90 Å². The largest absolute Gasteiger partial charge is 0.377 e. The summed E-state index contributed by atoms with van der Waals surface area (Å²) in [7, 11) is 0. The van der Waals surface area contributed by atoms with E-state index in [0.29, 0.717) is 0 Å². The van der Waals surface area contributed by atoms with Gasteiger partial charge in [-0.3, -0.25) is 4.79 Å². The Morgan fingerprint density at radius 3 is 2.75 bits per heavy atom. The molecular weight excluding hydrogens is 178 g/mol. The first-order valence-electron chi connectivity index (χ1n) is 3.57. The van der Waals surface area contributed by atoms with Crippen LogP contribution in [0.2, 0.25) is 0 Å². The summed E-state index contributed by atoms with van der Waals surface area (Å²) in [6.07, 6.45) is 6.68. The Hall–Kier alpha value is -0.640. The number of hydrogen-bond donors (Lipinski definition) is 2. The number of Topliss-reactive ketones (excluding diaryl/α,β-unsaturated/α-hetero) is 1. The van der Waals surface area contributed by atoms with Gasteiger partial charge in [-0.15, -0.1) is 0 Å². The molecule has 0 unspecified atom stereocenters. The van der Waals surface area contributed by atoms with Crippen molar-refractivity contribution in [2.75, 3.05) is 0 Å². The van der Waals surface area contributed by atoms with Crippen molar-refractivity contribution in [1.82, 2.24) is 0 Å². The Morgan fingerprint density at radius 1 is 1.67 bits per heavy atom. The van der Waals surface area contributed by atoms with Crippen LogP contribution < -0.4 is 5.73 Å². The molecule has 2 atom stereocenters. The molecule has 0 aliphatic heterocycles. The fourth-order valence-corrected chi connectivity index (χ4v) is 1.22.